The number of nitrogens with zero attached hydrogens (tertiary/aromatic N) is 3. The number of aromatic hydroxyl groups is 1. The van der Waals surface area contributed by atoms with E-state index in [0.717, 1.165) is 17.3 Å². The van der Waals surface area contributed by atoms with E-state index in [-0.39, 0.29) is 40.2 Å². The monoisotopic (exact) mass is 492 g/mol. The van der Waals surface area contributed by atoms with Crippen LogP contribution in [0.25, 0.3) is 0 Å². The van der Waals surface area contributed by atoms with Crippen molar-refractivity contribution in [2.24, 2.45) is 0 Å². The van der Waals surface area contributed by atoms with E-state index in [9.17, 15) is 18.3 Å². The van der Waals surface area contributed by atoms with Crippen molar-refractivity contribution in [2.45, 2.75) is 29.3 Å². The highest BCUT2D eigenvalue weighted by molar-refractivity contribution is 7.99. The molecule has 0 saturated carbocycles. The van der Waals surface area contributed by atoms with Crippen LogP contribution in [0.1, 0.15) is 11.4 Å². The van der Waals surface area contributed by atoms with Crippen molar-refractivity contribution in [3.63, 3.8) is 0 Å². The number of hydrogen-bond donors (Lipinski definition) is 2. The highest BCUT2D eigenvalue weighted by Gasteiger charge is 2.22. The van der Waals surface area contributed by atoms with Crippen LogP contribution in [0.3, 0.4) is 0 Å². The fraction of sp³-hybridized carbons (Fsp3) is 0.190. The maximum atomic E-state index is 12.8. The molecule has 1 heterocycles. The first-order valence-corrected chi connectivity index (χ1v) is 12.4. The van der Waals surface area contributed by atoms with E-state index in [2.05, 4.69) is 22.1 Å². The number of sulfone groups is 1. The number of amides is 1. The van der Waals surface area contributed by atoms with Crippen molar-refractivity contribution in [3.8, 4) is 5.75 Å². The minimum Gasteiger partial charge on any atom is -0.506 e. The van der Waals surface area contributed by atoms with Gasteiger partial charge in [0, 0.05) is 11.6 Å². The molecule has 1 aromatic heterocycles. The van der Waals surface area contributed by atoms with Gasteiger partial charge in [-0.3, -0.25) is 4.79 Å². The van der Waals surface area contributed by atoms with Crippen LogP contribution in [0.4, 0.5) is 5.69 Å². The summed E-state index contributed by atoms with van der Waals surface area (Å²) in [5, 5.41) is 21.2. The van der Waals surface area contributed by atoms with Crippen LogP contribution in [-0.2, 0) is 26.9 Å². The number of phenols is 1. The van der Waals surface area contributed by atoms with Crippen molar-refractivity contribution in [2.75, 3.05) is 11.1 Å². The van der Waals surface area contributed by atoms with E-state index in [4.69, 9.17) is 11.6 Å². The summed E-state index contributed by atoms with van der Waals surface area (Å²) in [6, 6.07) is 10.9. The number of aromatic nitrogens is 3. The number of benzene rings is 2. The van der Waals surface area contributed by atoms with Gasteiger partial charge < -0.3 is 15.0 Å². The molecular formula is C21H21ClN4O4S2. The molecule has 0 aliphatic carbocycles. The molecular weight excluding hydrogens is 472 g/mol. The van der Waals surface area contributed by atoms with Crippen molar-refractivity contribution < 1.29 is 18.3 Å². The molecule has 8 nitrogen and oxygen atoms in total. The first-order valence-electron chi connectivity index (χ1n) is 9.43. The van der Waals surface area contributed by atoms with Crippen molar-refractivity contribution in [3.05, 3.63) is 71.5 Å². The predicted molar refractivity (Wildman–Crippen MR) is 125 cm³/mol. The van der Waals surface area contributed by atoms with Gasteiger partial charge in [-0.05, 0) is 37.3 Å². The standard InChI is InChI=1S/C21H21ClN4O4S2/c1-3-10-26-19(13-32(29,30)16-7-4-14(2)5-8-16)24-25-21(26)31-12-20(28)23-17-11-15(22)6-9-18(17)27/h3-9,11,27H,1,10,12-13H2,2H3,(H,23,28). The van der Waals surface area contributed by atoms with Gasteiger partial charge in [-0.2, -0.15) is 0 Å². The number of halogens is 1. The minimum absolute atomic E-state index is 0.0358. The lowest BCUT2D eigenvalue weighted by Crippen LogP contribution is -2.15. The third-order valence-electron chi connectivity index (χ3n) is 4.37. The molecule has 0 bridgehead atoms. The number of thioether (sulfide) groups is 1. The molecule has 3 aromatic rings. The van der Waals surface area contributed by atoms with Gasteiger partial charge in [-0.1, -0.05) is 47.1 Å². The topological polar surface area (TPSA) is 114 Å². The van der Waals surface area contributed by atoms with E-state index in [1.54, 1.807) is 34.9 Å². The molecule has 11 heteroatoms. The van der Waals surface area contributed by atoms with E-state index in [1.807, 2.05) is 6.92 Å². The van der Waals surface area contributed by atoms with Gasteiger partial charge >= 0.3 is 0 Å². The fourth-order valence-corrected chi connectivity index (χ4v) is 4.98. The summed E-state index contributed by atoms with van der Waals surface area (Å²) in [6.45, 7) is 5.86. The molecule has 0 atom stereocenters. The van der Waals surface area contributed by atoms with Gasteiger partial charge in [0.05, 0.1) is 16.3 Å². The summed E-state index contributed by atoms with van der Waals surface area (Å²) < 4.78 is 27.2. The Morgan fingerprint density at radius 1 is 1.25 bits per heavy atom. The Hall–Kier alpha value is -2.82. The first kappa shape index (κ1) is 23.8. The lowest BCUT2D eigenvalue weighted by Gasteiger charge is -2.10. The Morgan fingerprint density at radius 2 is 1.97 bits per heavy atom. The van der Waals surface area contributed by atoms with E-state index >= 15 is 0 Å². The van der Waals surface area contributed by atoms with Gasteiger partial charge in [0.25, 0.3) is 0 Å². The maximum Gasteiger partial charge on any atom is 0.234 e. The molecule has 1 amide bonds. The molecule has 0 radical (unpaired) electrons. The molecule has 0 saturated heterocycles. The summed E-state index contributed by atoms with van der Waals surface area (Å²) in [5.41, 5.74) is 1.15. The Bertz CT molecular complexity index is 1240. The Balaban J connectivity index is 1.73. The Labute approximate surface area is 195 Å². The summed E-state index contributed by atoms with van der Waals surface area (Å²) in [4.78, 5) is 12.5. The summed E-state index contributed by atoms with van der Waals surface area (Å²) in [5.74, 6) is -0.618. The van der Waals surface area contributed by atoms with Crippen LogP contribution >= 0.6 is 23.4 Å². The van der Waals surface area contributed by atoms with Gasteiger partial charge in [0.1, 0.15) is 17.3 Å². The number of hydrogen-bond acceptors (Lipinski definition) is 7. The summed E-state index contributed by atoms with van der Waals surface area (Å²) >= 11 is 6.98. The largest absolute Gasteiger partial charge is 0.506 e. The van der Waals surface area contributed by atoms with Crippen molar-refractivity contribution in [1.29, 1.82) is 0 Å². The van der Waals surface area contributed by atoms with Crippen LogP contribution in [0, 0.1) is 6.92 Å². The van der Waals surface area contributed by atoms with Crippen LogP contribution in [0.5, 0.6) is 5.75 Å². The van der Waals surface area contributed by atoms with Gasteiger partial charge in [-0.15, -0.1) is 16.8 Å². The predicted octanol–water partition coefficient (Wildman–Crippen LogP) is 3.84. The zero-order valence-corrected chi connectivity index (χ0v) is 19.5. The number of phenolic OH excluding ortho intramolecular Hbond substituents is 1. The zero-order chi connectivity index (χ0) is 23.3. The average molecular weight is 493 g/mol. The van der Waals surface area contributed by atoms with Crippen molar-refractivity contribution >= 4 is 44.8 Å². The summed E-state index contributed by atoms with van der Waals surface area (Å²) in [6.07, 6.45) is 1.60. The minimum atomic E-state index is -3.62. The van der Waals surface area contributed by atoms with Gasteiger partial charge in [0.15, 0.2) is 15.0 Å². The van der Waals surface area contributed by atoms with E-state index < -0.39 is 15.7 Å². The number of carbonyl (C=O) groups excluding carboxylic acids is 1. The molecule has 2 aromatic carbocycles. The number of nitrogens with one attached hydrogen (secondary N) is 1. The zero-order valence-electron chi connectivity index (χ0n) is 17.2. The number of carbonyl (C=O) groups is 1. The van der Waals surface area contributed by atoms with Crippen LogP contribution in [-0.4, -0.2) is 39.9 Å². The first-order chi connectivity index (χ1) is 15.2. The normalized spacial score (nSPS) is 11.3. The second kappa shape index (κ2) is 10.2. The number of rotatable bonds is 9. The third kappa shape index (κ3) is 5.90. The molecule has 0 unspecified atom stereocenters. The lowest BCUT2D eigenvalue weighted by molar-refractivity contribution is -0.113. The van der Waals surface area contributed by atoms with E-state index in [1.165, 1.54) is 18.2 Å². The quantitative estimate of drug-likeness (QED) is 0.265. The second-order valence-corrected chi connectivity index (χ2v) is 10.2. The van der Waals surface area contributed by atoms with Crippen LogP contribution < -0.4 is 5.32 Å². The smallest absolute Gasteiger partial charge is 0.234 e. The van der Waals surface area contributed by atoms with Crippen LogP contribution in [0.15, 0.2) is 65.2 Å². The third-order valence-corrected chi connectivity index (χ3v) is 7.20. The molecule has 0 spiro atoms. The van der Waals surface area contributed by atoms with Gasteiger partial charge in [0.2, 0.25) is 5.91 Å². The van der Waals surface area contributed by atoms with Gasteiger partial charge in [-0.25, -0.2) is 8.42 Å². The molecule has 0 fully saturated rings. The number of aryl methyl sites for hydroxylation is 1. The molecule has 2 N–H and O–H groups in total. The Kier molecular flexibility index (Phi) is 7.60. The molecule has 168 valence electrons. The SMILES string of the molecule is C=CCn1c(CS(=O)(=O)c2ccc(C)cc2)nnc1SCC(=O)Nc1cc(Cl)ccc1O. The Morgan fingerprint density at radius 3 is 2.66 bits per heavy atom. The fourth-order valence-electron chi connectivity index (χ4n) is 2.77. The maximum absolute atomic E-state index is 12.8. The molecule has 0 aliphatic rings. The average Bonchev–Trinajstić information content (AvgIpc) is 3.10. The molecule has 32 heavy (non-hydrogen) atoms. The summed E-state index contributed by atoms with van der Waals surface area (Å²) in [7, 11) is -3.62. The van der Waals surface area contributed by atoms with Crippen molar-refractivity contribution in [1.82, 2.24) is 14.8 Å². The molecule has 3 rings (SSSR count). The highest BCUT2D eigenvalue weighted by Crippen LogP contribution is 2.27. The second-order valence-electron chi connectivity index (χ2n) is 6.87. The molecule has 0 aliphatic heterocycles. The van der Waals surface area contributed by atoms with E-state index in [0.29, 0.717) is 10.2 Å². The number of anilines is 1. The number of allylic oxidation sites excluding steroid dienone is 1. The highest BCUT2D eigenvalue weighted by atomic mass is 35.5. The van der Waals surface area contributed by atoms with Crippen LogP contribution in [0.2, 0.25) is 5.02 Å². The lowest BCUT2D eigenvalue weighted by atomic mass is 10.2.